The van der Waals surface area contributed by atoms with Gasteiger partial charge in [0.25, 0.3) is 0 Å². The smallest absolute Gasteiger partial charge is 0.180 e. The summed E-state index contributed by atoms with van der Waals surface area (Å²) < 4.78 is 2.69. The Balaban J connectivity index is 2.02. The number of aromatic nitrogens is 3. The minimum atomic E-state index is 0.725. The van der Waals surface area contributed by atoms with Crippen LogP contribution in [0.5, 0.6) is 0 Å². The second-order valence-electron chi connectivity index (χ2n) is 5.09. The molecular weight excluding hydrogens is 330 g/mol. The van der Waals surface area contributed by atoms with Crippen molar-refractivity contribution in [3.63, 3.8) is 0 Å². The number of hydrogen-bond donors (Lipinski definition) is 1. The van der Waals surface area contributed by atoms with Gasteiger partial charge in [0.15, 0.2) is 11.5 Å². The van der Waals surface area contributed by atoms with Gasteiger partial charge in [-0.3, -0.25) is 0 Å². The first-order chi connectivity index (χ1) is 10.0. The number of fused-ring (bicyclic) bond motifs is 1. The van der Waals surface area contributed by atoms with Gasteiger partial charge >= 0.3 is 0 Å². The Morgan fingerprint density at radius 1 is 1.29 bits per heavy atom. The standard InChI is InChI=1S/C15H16BrN5/c1-10-4-5-11(8-12(10)20(2)3)18-14-15-17-6-7-21(15)9-13(16)19-14/h4-9H,1-3H3,(H,18,19). The highest BCUT2D eigenvalue weighted by Crippen LogP contribution is 2.26. The van der Waals surface area contributed by atoms with Crippen LogP contribution in [0.25, 0.3) is 5.65 Å². The largest absolute Gasteiger partial charge is 0.377 e. The van der Waals surface area contributed by atoms with Crippen molar-refractivity contribution >= 4 is 38.8 Å². The molecule has 0 aliphatic rings. The predicted octanol–water partition coefficient (Wildman–Crippen LogP) is 3.61. The zero-order chi connectivity index (χ0) is 15.0. The van der Waals surface area contributed by atoms with Gasteiger partial charge in [0.2, 0.25) is 0 Å². The number of imidazole rings is 1. The van der Waals surface area contributed by atoms with Crippen molar-refractivity contribution in [1.29, 1.82) is 0 Å². The van der Waals surface area contributed by atoms with Gasteiger partial charge in [0.05, 0.1) is 0 Å². The van der Waals surface area contributed by atoms with Crippen molar-refractivity contribution in [3.8, 4) is 0 Å². The Labute approximate surface area is 131 Å². The number of halogens is 1. The van der Waals surface area contributed by atoms with Crippen molar-refractivity contribution in [2.24, 2.45) is 0 Å². The van der Waals surface area contributed by atoms with Crippen LogP contribution in [-0.4, -0.2) is 28.5 Å². The number of nitrogens with zero attached hydrogens (tertiary/aromatic N) is 4. The van der Waals surface area contributed by atoms with E-state index in [2.05, 4.69) is 55.2 Å². The monoisotopic (exact) mass is 345 g/mol. The molecule has 3 aromatic rings. The lowest BCUT2D eigenvalue weighted by Gasteiger charge is -2.17. The van der Waals surface area contributed by atoms with E-state index in [1.165, 1.54) is 11.3 Å². The molecule has 2 heterocycles. The van der Waals surface area contributed by atoms with Gasteiger partial charge in [-0.1, -0.05) is 6.07 Å². The van der Waals surface area contributed by atoms with Gasteiger partial charge in [-0.2, -0.15) is 0 Å². The minimum absolute atomic E-state index is 0.725. The van der Waals surface area contributed by atoms with Crippen LogP contribution >= 0.6 is 15.9 Å². The first-order valence-corrected chi connectivity index (χ1v) is 7.38. The average molecular weight is 346 g/mol. The summed E-state index contributed by atoms with van der Waals surface area (Å²) in [6, 6.07) is 6.25. The first kappa shape index (κ1) is 13.9. The molecule has 6 heteroatoms. The molecule has 0 bridgehead atoms. The molecule has 2 aromatic heterocycles. The quantitative estimate of drug-likeness (QED) is 0.787. The van der Waals surface area contributed by atoms with Crippen LogP contribution < -0.4 is 10.2 Å². The van der Waals surface area contributed by atoms with Gasteiger partial charge in [-0.05, 0) is 40.5 Å². The van der Waals surface area contributed by atoms with Crippen molar-refractivity contribution in [3.05, 3.63) is 47.0 Å². The molecule has 0 saturated heterocycles. The third kappa shape index (κ3) is 2.71. The lowest BCUT2D eigenvalue weighted by molar-refractivity contribution is 1.10. The molecular formula is C15H16BrN5. The van der Waals surface area contributed by atoms with E-state index in [1.807, 2.05) is 37.0 Å². The molecule has 0 spiro atoms. The van der Waals surface area contributed by atoms with E-state index in [-0.39, 0.29) is 0 Å². The second kappa shape index (κ2) is 5.37. The third-order valence-corrected chi connectivity index (χ3v) is 3.68. The zero-order valence-corrected chi connectivity index (χ0v) is 13.7. The fourth-order valence-corrected chi connectivity index (χ4v) is 2.69. The van der Waals surface area contributed by atoms with Gasteiger partial charge in [0, 0.05) is 44.1 Å². The van der Waals surface area contributed by atoms with E-state index in [0.29, 0.717) is 0 Å². The molecule has 3 rings (SSSR count). The minimum Gasteiger partial charge on any atom is -0.377 e. The topological polar surface area (TPSA) is 45.5 Å². The van der Waals surface area contributed by atoms with Crippen LogP contribution in [0.4, 0.5) is 17.2 Å². The molecule has 1 N–H and O–H groups in total. The maximum absolute atomic E-state index is 4.47. The summed E-state index contributed by atoms with van der Waals surface area (Å²) in [6.45, 7) is 2.10. The summed E-state index contributed by atoms with van der Waals surface area (Å²) in [6.07, 6.45) is 5.54. The SMILES string of the molecule is Cc1ccc(Nc2nc(Br)cn3ccnc23)cc1N(C)C. The zero-order valence-electron chi connectivity index (χ0n) is 12.1. The number of nitrogens with one attached hydrogen (secondary N) is 1. The van der Waals surface area contributed by atoms with Gasteiger partial charge in [-0.25, -0.2) is 9.97 Å². The van der Waals surface area contributed by atoms with E-state index in [0.717, 1.165) is 21.8 Å². The van der Waals surface area contributed by atoms with Crippen LogP contribution in [0.2, 0.25) is 0 Å². The van der Waals surface area contributed by atoms with Crippen LogP contribution in [0.1, 0.15) is 5.56 Å². The molecule has 5 nitrogen and oxygen atoms in total. The van der Waals surface area contributed by atoms with E-state index in [1.54, 1.807) is 6.20 Å². The summed E-state index contributed by atoms with van der Waals surface area (Å²) in [4.78, 5) is 10.9. The maximum Gasteiger partial charge on any atom is 0.180 e. The lowest BCUT2D eigenvalue weighted by Crippen LogP contribution is -2.10. The molecule has 0 atom stereocenters. The van der Waals surface area contributed by atoms with E-state index in [9.17, 15) is 0 Å². The summed E-state index contributed by atoms with van der Waals surface area (Å²) in [5, 5.41) is 3.35. The van der Waals surface area contributed by atoms with Crippen molar-refractivity contribution in [2.45, 2.75) is 6.92 Å². The van der Waals surface area contributed by atoms with Crippen molar-refractivity contribution < 1.29 is 0 Å². The number of anilines is 3. The molecule has 0 fully saturated rings. The normalized spacial score (nSPS) is 10.9. The fourth-order valence-electron chi connectivity index (χ4n) is 2.29. The van der Waals surface area contributed by atoms with Gasteiger partial charge in [-0.15, -0.1) is 0 Å². The highest BCUT2D eigenvalue weighted by Gasteiger charge is 2.08. The molecule has 21 heavy (non-hydrogen) atoms. The predicted molar refractivity (Wildman–Crippen MR) is 89.5 cm³/mol. The fraction of sp³-hybridized carbons (Fsp3) is 0.200. The summed E-state index contributed by atoms with van der Waals surface area (Å²) in [5.74, 6) is 0.725. The first-order valence-electron chi connectivity index (χ1n) is 6.59. The van der Waals surface area contributed by atoms with E-state index < -0.39 is 0 Å². The molecule has 0 unspecified atom stereocenters. The Morgan fingerprint density at radius 2 is 2.10 bits per heavy atom. The summed E-state index contributed by atoms with van der Waals surface area (Å²) in [5.41, 5.74) is 4.19. The molecule has 0 aliphatic heterocycles. The molecule has 0 aliphatic carbocycles. The Bertz CT molecular complexity index is 794. The van der Waals surface area contributed by atoms with Crippen molar-refractivity contribution in [2.75, 3.05) is 24.3 Å². The Hall–Kier alpha value is -2.08. The second-order valence-corrected chi connectivity index (χ2v) is 5.90. The number of rotatable bonds is 3. The summed E-state index contributed by atoms with van der Waals surface area (Å²) in [7, 11) is 4.08. The average Bonchev–Trinajstić information content (AvgIpc) is 2.88. The highest BCUT2D eigenvalue weighted by atomic mass is 79.9. The van der Waals surface area contributed by atoms with Gasteiger partial charge < -0.3 is 14.6 Å². The Kier molecular flexibility index (Phi) is 3.55. The summed E-state index contributed by atoms with van der Waals surface area (Å²) >= 11 is 3.42. The number of hydrogen-bond acceptors (Lipinski definition) is 4. The molecule has 0 amide bonds. The number of aryl methyl sites for hydroxylation is 1. The molecule has 0 radical (unpaired) electrons. The van der Waals surface area contributed by atoms with E-state index >= 15 is 0 Å². The molecule has 1 aromatic carbocycles. The van der Waals surface area contributed by atoms with Crippen molar-refractivity contribution in [1.82, 2.24) is 14.4 Å². The number of benzene rings is 1. The molecule has 0 saturated carbocycles. The third-order valence-electron chi connectivity index (χ3n) is 3.30. The van der Waals surface area contributed by atoms with Crippen LogP contribution in [-0.2, 0) is 0 Å². The Morgan fingerprint density at radius 3 is 2.86 bits per heavy atom. The van der Waals surface area contributed by atoms with Crippen LogP contribution in [0, 0.1) is 6.92 Å². The maximum atomic E-state index is 4.47. The van der Waals surface area contributed by atoms with Crippen LogP contribution in [0.3, 0.4) is 0 Å². The lowest BCUT2D eigenvalue weighted by atomic mass is 10.1. The molecule has 108 valence electrons. The van der Waals surface area contributed by atoms with Gasteiger partial charge in [0.1, 0.15) is 4.60 Å². The highest BCUT2D eigenvalue weighted by molar-refractivity contribution is 9.10. The van der Waals surface area contributed by atoms with E-state index in [4.69, 9.17) is 0 Å². The van der Waals surface area contributed by atoms with Crippen LogP contribution in [0.15, 0.2) is 41.4 Å².